The zero-order chi connectivity index (χ0) is 13.4. The van der Waals surface area contributed by atoms with E-state index in [1.54, 1.807) is 13.0 Å². The highest BCUT2D eigenvalue weighted by atomic mass is 79.9. The number of rotatable bonds is 0. The molecule has 18 heavy (non-hydrogen) atoms. The summed E-state index contributed by atoms with van der Waals surface area (Å²) >= 11 is 3.27. The molecule has 0 bridgehead atoms. The lowest BCUT2D eigenvalue weighted by Crippen LogP contribution is -2.09. The standard InChI is InChI=1S/C15H13BrO2/c1-8-4-11(5-9(2)14(8)17)12-6-10(3)15(18)13(16)7-12/h4-7H,1-3H3. The van der Waals surface area contributed by atoms with Crippen molar-refractivity contribution in [1.29, 1.82) is 0 Å². The Balaban J connectivity index is 2.58. The van der Waals surface area contributed by atoms with Gasteiger partial charge in [-0.15, -0.1) is 0 Å². The quantitative estimate of drug-likeness (QED) is 0.685. The molecule has 0 N–H and O–H groups in total. The second-order valence-electron chi connectivity index (χ2n) is 4.54. The first-order valence-corrected chi connectivity index (χ1v) is 6.45. The van der Waals surface area contributed by atoms with Crippen LogP contribution in [0.25, 0.3) is 0 Å². The molecule has 0 unspecified atom stereocenters. The monoisotopic (exact) mass is 304 g/mol. The minimum Gasteiger partial charge on any atom is -0.289 e. The van der Waals surface area contributed by atoms with Crippen LogP contribution < -0.4 is 0 Å². The summed E-state index contributed by atoms with van der Waals surface area (Å²) in [6, 6.07) is 0. The largest absolute Gasteiger partial charge is 0.289 e. The minimum atomic E-state index is 0.00707. The van der Waals surface area contributed by atoms with E-state index in [1.165, 1.54) is 0 Å². The summed E-state index contributed by atoms with van der Waals surface area (Å²) in [7, 11) is 0. The third kappa shape index (κ3) is 2.23. The van der Waals surface area contributed by atoms with Crippen LogP contribution in [0.1, 0.15) is 20.8 Å². The molecule has 0 aromatic heterocycles. The third-order valence-corrected chi connectivity index (χ3v) is 3.61. The van der Waals surface area contributed by atoms with Crippen molar-refractivity contribution in [2.75, 3.05) is 0 Å². The van der Waals surface area contributed by atoms with Crippen LogP contribution in [0, 0.1) is 0 Å². The van der Waals surface area contributed by atoms with Crippen molar-refractivity contribution in [3.63, 3.8) is 0 Å². The van der Waals surface area contributed by atoms with Crippen LogP contribution in [-0.2, 0) is 9.59 Å². The van der Waals surface area contributed by atoms with E-state index in [9.17, 15) is 9.59 Å². The number of ketones is 2. The molecule has 92 valence electrons. The Kier molecular flexibility index (Phi) is 3.35. The van der Waals surface area contributed by atoms with Gasteiger partial charge in [-0.25, -0.2) is 0 Å². The molecule has 2 aliphatic carbocycles. The van der Waals surface area contributed by atoms with Crippen molar-refractivity contribution >= 4 is 27.5 Å². The zero-order valence-electron chi connectivity index (χ0n) is 10.5. The Morgan fingerprint density at radius 3 is 1.56 bits per heavy atom. The topological polar surface area (TPSA) is 34.1 Å². The van der Waals surface area contributed by atoms with E-state index in [-0.39, 0.29) is 11.6 Å². The van der Waals surface area contributed by atoms with Crippen LogP contribution in [0.15, 0.2) is 56.7 Å². The molecule has 0 aliphatic heterocycles. The highest BCUT2D eigenvalue weighted by molar-refractivity contribution is 9.12. The summed E-state index contributed by atoms with van der Waals surface area (Å²) < 4.78 is 0.555. The predicted octanol–water partition coefficient (Wildman–Crippen LogP) is 3.57. The van der Waals surface area contributed by atoms with E-state index in [4.69, 9.17) is 0 Å². The summed E-state index contributed by atoms with van der Waals surface area (Å²) in [5.74, 6) is 0.0858. The molecule has 2 rings (SSSR count). The number of carbonyl (C=O) groups is 2. The Morgan fingerprint density at radius 1 is 0.722 bits per heavy atom. The van der Waals surface area contributed by atoms with E-state index >= 15 is 0 Å². The second-order valence-corrected chi connectivity index (χ2v) is 5.40. The molecule has 0 fully saturated rings. The average Bonchev–Trinajstić information content (AvgIpc) is 2.31. The van der Waals surface area contributed by atoms with E-state index < -0.39 is 0 Å². The van der Waals surface area contributed by atoms with Gasteiger partial charge in [0, 0.05) is 0 Å². The van der Waals surface area contributed by atoms with Gasteiger partial charge >= 0.3 is 0 Å². The van der Waals surface area contributed by atoms with Gasteiger partial charge in [0.1, 0.15) is 0 Å². The van der Waals surface area contributed by atoms with E-state index in [0.717, 1.165) is 22.3 Å². The number of hydrogen-bond acceptors (Lipinski definition) is 2. The van der Waals surface area contributed by atoms with E-state index in [0.29, 0.717) is 10.1 Å². The van der Waals surface area contributed by atoms with Crippen molar-refractivity contribution in [3.8, 4) is 0 Å². The fraction of sp³-hybridized carbons (Fsp3) is 0.200. The molecular weight excluding hydrogens is 292 g/mol. The minimum absolute atomic E-state index is 0.00707. The van der Waals surface area contributed by atoms with Gasteiger partial charge in [0.25, 0.3) is 0 Å². The zero-order valence-corrected chi connectivity index (χ0v) is 12.1. The maximum atomic E-state index is 11.7. The molecule has 0 saturated heterocycles. The van der Waals surface area contributed by atoms with Gasteiger partial charge in [-0.1, -0.05) is 0 Å². The maximum absolute atomic E-state index is 11.7. The number of hydrogen-bond donors (Lipinski definition) is 0. The normalized spacial score (nSPS) is 20.4. The summed E-state index contributed by atoms with van der Waals surface area (Å²) in [6.07, 6.45) is 7.38. The van der Waals surface area contributed by atoms with Crippen molar-refractivity contribution in [2.24, 2.45) is 0 Å². The molecule has 3 heteroatoms. The smallest absolute Gasteiger partial charge is 0.195 e. The van der Waals surface area contributed by atoms with Crippen LogP contribution in [0.2, 0.25) is 0 Å². The van der Waals surface area contributed by atoms with Gasteiger partial charge in [0.15, 0.2) is 11.6 Å². The number of allylic oxidation sites excluding steroid dienone is 10. The van der Waals surface area contributed by atoms with Crippen LogP contribution in [0.4, 0.5) is 0 Å². The summed E-state index contributed by atoms with van der Waals surface area (Å²) in [4.78, 5) is 23.3. The van der Waals surface area contributed by atoms with Gasteiger partial charge in [-0.05, 0) is 88.9 Å². The maximum Gasteiger partial charge on any atom is 0.195 e. The molecule has 0 atom stereocenters. The van der Waals surface area contributed by atoms with Crippen molar-refractivity contribution in [2.45, 2.75) is 20.8 Å². The highest BCUT2D eigenvalue weighted by Crippen LogP contribution is 2.28. The second kappa shape index (κ2) is 4.65. The molecule has 0 aromatic carbocycles. The van der Waals surface area contributed by atoms with Crippen molar-refractivity contribution in [3.05, 3.63) is 56.7 Å². The summed E-state index contributed by atoms with van der Waals surface area (Å²) in [5, 5.41) is 0. The van der Waals surface area contributed by atoms with E-state index in [2.05, 4.69) is 15.9 Å². The number of carbonyl (C=O) groups excluding carboxylic acids is 2. The molecule has 0 radical (unpaired) electrons. The fourth-order valence-corrected chi connectivity index (χ4v) is 2.57. The first kappa shape index (κ1) is 13.0. The SMILES string of the molecule is CC1=CC(=C2C=C(C)C(=O)C(Br)=C2)C=C(C)C1=O. The van der Waals surface area contributed by atoms with Crippen LogP contribution in [-0.4, -0.2) is 11.6 Å². The lowest BCUT2D eigenvalue weighted by molar-refractivity contribution is -0.112. The number of halogens is 1. The third-order valence-electron chi connectivity index (χ3n) is 3.02. The van der Waals surface area contributed by atoms with Gasteiger partial charge in [-0.2, -0.15) is 0 Å². The molecular formula is C15H13BrO2. The Bertz CT molecular complexity index is 508. The van der Waals surface area contributed by atoms with Crippen LogP contribution >= 0.6 is 15.9 Å². The first-order valence-electron chi connectivity index (χ1n) is 5.66. The van der Waals surface area contributed by atoms with Gasteiger partial charge < -0.3 is 0 Å². The Morgan fingerprint density at radius 2 is 1.11 bits per heavy atom. The van der Waals surface area contributed by atoms with Gasteiger partial charge in [0.2, 0.25) is 0 Å². The Hall–Kier alpha value is -1.48. The molecule has 0 heterocycles. The molecule has 0 amide bonds. The number of Topliss-reactive ketones (excluding diaryl/α,β-unsaturated/α-hetero) is 2. The van der Waals surface area contributed by atoms with E-state index in [1.807, 2.05) is 32.1 Å². The molecule has 2 aliphatic rings. The highest BCUT2D eigenvalue weighted by Gasteiger charge is 2.18. The molecule has 0 aromatic rings. The molecule has 0 spiro atoms. The molecule has 2 nitrogen and oxygen atoms in total. The van der Waals surface area contributed by atoms with Crippen molar-refractivity contribution < 1.29 is 9.59 Å². The van der Waals surface area contributed by atoms with Crippen molar-refractivity contribution in [1.82, 2.24) is 0 Å². The summed E-state index contributed by atoms with van der Waals surface area (Å²) in [6.45, 7) is 5.41. The Labute approximate surface area is 115 Å². The lowest BCUT2D eigenvalue weighted by Gasteiger charge is -2.15. The summed E-state index contributed by atoms with van der Waals surface area (Å²) in [5.41, 5.74) is 4.06. The fourth-order valence-electron chi connectivity index (χ4n) is 2.01. The average molecular weight is 305 g/mol. The predicted molar refractivity (Wildman–Crippen MR) is 75.3 cm³/mol. The van der Waals surface area contributed by atoms with Gasteiger partial charge in [0.05, 0.1) is 4.48 Å². The van der Waals surface area contributed by atoms with Gasteiger partial charge in [-0.3, -0.25) is 9.59 Å². The first-order chi connectivity index (χ1) is 8.40. The van der Waals surface area contributed by atoms with Crippen LogP contribution in [0.3, 0.4) is 0 Å². The molecule has 0 saturated carbocycles. The van der Waals surface area contributed by atoms with Crippen LogP contribution in [0.5, 0.6) is 0 Å². The lowest BCUT2D eigenvalue weighted by atomic mass is 9.90.